The van der Waals surface area contributed by atoms with Gasteiger partial charge in [0, 0.05) is 28.3 Å². The Morgan fingerprint density at radius 3 is 2.86 bits per heavy atom. The van der Waals surface area contributed by atoms with Crippen LogP contribution in [0.1, 0.15) is 11.3 Å². The average molecular weight is 251 g/mol. The van der Waals surface area contributed by atoms with Crippen molar-refractivity contribution in [1.29, 1.82) is 0 Å². The standard InChI is InChI=1S/C11H11BrN2/c1-7-11-9(4-5-14-7)8(6-13)2-3-10(11)12/h2-5H,6,13H2,1H3. The van der Waals surface area contributed by atoms with Gasteiger partial charge in [0.05, 0.1) is 0 Å². The van der Waals surface area contributed by atoms with E-state index in [2.05, 4.69) is 20.9 Å². The highest BCUT2D eigenvalue weighted by atomic mass is 79.9. The number of hydrogen-bond donors (Lipinski definition) is 1. The SMILES string of the molecule is Cc1nccc2c(CN)ccc(Br)c12. The lowest BCUT2D eigenvalue weighted by atomic mass is 10.0. The molecule has 0 aliphatic rings. The van der Waals surface area contributed by atoms with Gasteiger partial charge in [-0.1, -0.05) is 22.0 Å². The van der Waals surface area contributed by atoms with Crippen LogP contribution in [0.2, 0.25) is 0 Å². The number of aromatic nitrogens is 1. The van der Waals surface area contributed by atoms with E-state index in [4.69, 9.17) is 5.73 Å². The van der Waals surface area contributed by atoms with Gasteiger partial charge in [-0.3, -0.25) is 4.98 Å². The predicted molar refractivity (Wildman–Crippen MR) is 62.1 cm³/mol. The van der Waals surface area contributed by atoms with Crippen molar-refractivity contribution in [3.8, 4) is 0 Å². The molecule has 0 saturated heterocycles. The van der Waals surface area contributed by atoms with E-state index in [9.17, 15) is 0 Å². The third-order valence-corrected chi connectivity index (χ3v) is 3.04. The number of rotatable bonds is 1. The molecular formula is C11H11BrN2. The second-order valence-electron chi connectivity index (χ2n) is 3.23. The van der Waals surface area contributed by atoms with Crippen LogP contribution in [0.15, 0.2) is 28.9 Å². The minimum Gasteiger partial charge on any atom is -0.326 e. The zero-order chi connectivity index (χ0) is 10.1. The Kier molecular flexibility index (Phi) is 2.52. The maximum atomic E-state index is 5.68. The number of aryl methyl sites for hydroxylation is 1. The van der Waals surface area contributed by atoms with E-state index < -0.39 is 0 Å². The van der Waals surface area contributed by atoms with Gasteiger partial charge in [0.15, 0.2) is 0 Å². The molecule has 1 heterocycles. The molecule has 1 aromatic carbocycles. The summed E-state index contributed by atoms with van der Waals surface area (Å²) < 4.78 is 1.08. The maximum absolute atomic E-state index is 5.68. The Labute approximate surface area is 91.3 Å². The summed E-state index contributed by atoms with van der Waals surface area (Å²) in [5.41, 5.74) is 7.87. The lowest BCUT2D eigenvalue weighted by molar-refractivity contribution is 1.08. The molecule has 0 amide bonds. The highest BCUT2D eigenvalue weighted by Gasteiger charge is 2.05. The zero-order valence-corrected chi connectivity index (χ0v) is 9.51. The highest BCUT2D eigenvalue weighted by molar-refractivity contribution is 9.10. The van der Waals surface area contributed by atoms with Crippen molar-refractivity contribution in [2.45, 2.75) is 13.5 Å². The van der Waals surface area contributed by atoms with E-state index in [-0.39, 0.29) is 0 Å². The fourth-order valence-electron chi connectivity index (χ4n) is 1.66. The first kappa shape index (κ1) is 9.62. The number of pyridine rings is 1. The maximum Gasteiger partial charge on any atom is 0.0462 e. The Morgan fingerprint density at radius 2 is 2.14 bits per heavy atom. The molecule has 0 spiro atoms. The third-order valence-electron chi connectivity index (χ3n) is 2.38. The second-order valence-corrected chi connectivity index (χ2v) is 4.08. The van der Waals surface area contributed by atoms with Crippen LogP contribution in [0.25, 0.3) is 10.8 Å². The van der Waals surface area contributed by atoms with E-state index in [0.29, 0.717) is 6.54 Å². The van der Waals surface area contributed by atoms with Gasteiger partial charge in [0.2, 0.25) is 0 Å². The molecule has 1 aromatic heterocycles. The van der Waals surface area contributed by atoms with Gasteiger partial charge < -0.3 is 5.73 Å². The Morgan fingerprint density at radius 1 is 1.36 bits per heavy atom. The molecule has 0 radical (unpaired) electrons. The van der Waals surface area contributed by atoms with Gasteiger partial charge in [-0.2, -0.15) is 0 Å². The van der Waals surface area contributed by atoms with Gasteiger partial charge in [-0.05, 0) is 30.0 Å². The van der Waals surface area contributed by atoms with Crippen molar-refractivity contribution >= 4 is 26.7 Å². The minimum atomic E-state index is 0.563. The molecule has 2 nitrogen and oxygen atoms in total. The molecule has 0 aliphatic carbocycles. The summed E-state index contributed by atoms with van der Waals surface area (Å²) in [6.45, 7) is 2.57. The lowest BCUT2D eigenvalue weighted by Gasteiger charge is -2.07. The molecule has 0 saturated carbocycles. The lowest BCUT2D eigenvalue weighted by Crippen LogP contribution is -1.98. The van der Waals surface area contributed by atoms with Crippen molar-refractivity contribution < 1.29 is 0 Å². The van der Waals surface area contributed by atoms with Crippen molar-refractivity contribution in [1.82, 2.24) is 4.98 Å². The molecule has 0 bridgehead atoms. The number of fused-ring (bicyclic) bond motifs is 1. The number of hydrogen-bond acceptors (Lipinski definition) is 2. The molecule has 3 heteroatoms. The molecule has 14 heavy (non-hydrogen) atoms. The first-order valence-electron chi connectivity index (χ1n) is 4.47. The Bertz CT molecular complexity index is 472. The summed E-state index contributed by atoms with van der Waals surface area (Å²) in [7, 11) is 0. The molecule has 2 aromatic rings. The monoisotopic (exact) mass is 250 g/mol. The largest absolute Gasteiger partial charge is 0.326 e. The topological polar surface area (TPSA) is 38.9 Å². The van der Waals surface area contributed by atoms with Crippen LogP contribution < -0.4 is 5.73 Å². The van der Waals surface area contributed by atoms with E-state index >= 15 is 0 Å². The first-order chi connectivity index (χ1) is 6.74. The number of nitrogens with zero attached hydrogens (tertiary/aromatic N) is 1. The van der Waals surface area contributed by atoms with Crippen molar-refractivity contribution in [2.24, 2.45) is 5.73 Å². The number of benzene rings is 1. The molecule has 0 unspecified atom stereocenters. The van der Waals surface area contributed by atoms with Crippen LogP contribution in [-0.4, -0.2) is 4.98 Å². The minimum absolute atomic E-state index is 0.563. The summed E-state index contributed by atoms with van der Waals surface area (Å²) in [6, 6.07) is 6.08. The first-order valence-corrected chi connectivity index (χ1v) is 5.26. The molecule has 0 fully saturated rings. The van der Waals surface area contributed by atoms with E-state index in [0.717, 1.165) is 21.1 Å². The van der Waals surface area contributed by atoms with Crippen molar-refractivity contribution in [3.63, 3.8) is 0 Å². The normalized spacial score (nSPS) is 10.8. The summed E-state index contributed by atoms with van der Waals surface area (Å²) in [4.78, 5) is 4.27. The number of halogens is 1. The van der Waals surface area contributed by atoms with Gasteiger partial charge in [-0.25, -0.2) is 0 Å². The van der Waals surface area contributed by atoms with Crippen LogP contribution in [0, 0.1) is 6.92 Å². The average Bonchev–Trinajstić information content (AvgIpc) is 2.18. The summed E-state index contributed by atoms with van der Waals surface area (Å²) in [5, 5.41) is 2.35. The third kappa shape index (κ3) is 1.42. The van der Waals surface area contributed by atoms with E-state index in [1.807, 2.05) is 31.3 Å². The second kappa shape index (κ2) is 3.67. The smallest absolute Gasteiger partial charge is 0.0462 e. The number of nitrogens with two attached hydrogens (primary N) is 1. The van der Waals surface area contributed by atoms with Gasteiger partial charge >= 0.3 is 0 Å². The molecule has 2 rings (SSSR count). The van der Waals surface area contributed by atoms with Crippen molar-refractivity contribution in [3.05, 3.63) is 40.1 Å². The van der Waals surface area contributed by atoms with Crippen LogP contribution >= 0.6 is 15.9 Å². The van der Waals surface area contributed by atoms with Crippen molar-refractivity contribution in [2.75, 3.05) is 0 Å². The van der Waals surface area contributed by atoms with E-state index in [1.165, 1.54) is 5.39 Å². The van der Waals surface area contributed by atoms with Gasteiger partial charge in [0.1, 0.15) is 0 Å². The zero-order valence-electron chi connectivity index (χ0n) is 7.92. The highest BCUT2D eigenvalue weighted by Crippen LogP contribution is 2.28. The molecule has 0 aliphatic heterocycles. The molecule has 72 valence electrons. The van der Waals surface area contributed by atoms with Gasteiger partial charge in [-0.15, -0.1) is 0 Å². The van der Waals surface area contributed by atoms with Crippen LogP contribution in [0.4, 0.5) is 0 Å². The summed E-state index contributed by atoms with van der Waals surface area (Å²) >= 11 is 3.53. The summed E-state index contributed by atoms with van der Waals surface area (Å²) in [6.07, 6.45) is 1.82. The molecule has 2 N–H and O–H groups in total. The fourth-order valence-corrected chi connectivity index (χ4v) is 2.29. The Balaban J connectivity index is 2.91. The van der Waals surface area contributed by atoms with Gasteiger partial charge in [0.25, 0.3) is 0 Å². The molecular weight excluding hydrogens is 240 g/mol. The van der Waals surface area contributed by atoms with Crippen LogP contribution in [0.3, 0.4) is 0 Å². The fraction of sp³-hybridized carbons (Fsp3) is 0.182. The molecule has 0 atom stereocenters. The van der Waals surface area contributed by atoms with Crippen LogP contribution in [0.5, 0.6) is 0 Å². The Hall–Kier alpha value is -0.930. The van der Waals surface area contributed by atoms with E-state index in [1.54, 1.807) is 0 Å². The predicted octanol–water partition coefficient (Wildman–Crippen LogP) is 2.76. The summed E-state index contributed by atoms with van der Waals surface area (Å²) in [5.74, 6) is 0. The quantitative estimate of drug-likeness (QED) is 0.846. The van der Waals surface area contributed by atoms with Crippen LogP contribution in [-0.2, 0) is 6.54 Å².